The number of ether oxygens (including phenoxy) is 1. The SMILES string of the molecule is O=c1ccn([C@H]2O[C@@H](COP(=O)(O)OP(=O)(O)OP(=O)(O)O)C(O)C2O)c(=O)[nH]1.[NaH]. The van der Waals surface area contributed by atoms with Crippen molar-refractivity contribution in [2.45, 2.75) is 24.5 Å². The van der Waals surface area contributed by atoms with Crippen molar-refractivity contribution in [3.8, 4) is 0 Å². The first-order valence-corrected chi connectivity index (χ1v) is 11.7. The van der Waals surface area contributed by atoms with E-state index in [0.29, 0.717) is 4.57 Å². The summed E-state index contributed by atoms with van der Waals surface area (Å²) < 4.78 is 50.6. The molecule has 4 unspecified atom stereocenters. The molecule has 0 radical (unpaired) electrons. The summed E-state index contributed by atoms with van der Waals surface area (Å²) in [6.45, 7) is -1.05. The quantitative estimate of drug-likeness (QED) is 0.135. The van der Waals surface area contributed by atoms with E-state index in [-0.39, 0.29) is 29.6 Å². The molecular weight excluding hydrogens is 492 g/mol. The second kappa shape index (κ2) is 10.3. The van der Waals surface area contributed by atoms with E-state index < -0.39 is 65.9 Å². The number of hydrogen-bond donors (Lipinski definition) is 7. The van der Waals surface area contributed by atoms with E-state index >= 15 is 0 Å². The van der Waals surface area contributed by atoms with E-state index in [1.165, 1.54) is 0 Å². The van der Waals surface area contributed by atoms with Crippen molar-refractivity contribution in [1.82, 2.24) is 9.55 Å². The van der Waals surface area contributed by atoms with Gasteiger partial charge in [0.1, 0.15) is 18.3 Å². The van der Waals surface area contributed by atoms with Crippen LogP contribution in [0, 0.1) is 0 Å². The molecule has 0 spiro atoms. The van der Waals surface area contributed by atoms with E-state index in [0.717, 1.165) is 12.3 Å². The molecule has 7 N–H and O–H groups in total. The summed E-state index contributed by atoms with van der Waals surface area (Å²) in [5.41, 5.74) is -1.74. The maximum atomic E-state index is 11.7. The Kier molecular flexibility index (Phi) is 9.59. The molecule has 0 amide bonds. The molecule has 0 bridgehead atoms. The summed E-state index contributed by atoms with van der Waals surface area (Å²) in [6.07, 6.45) is -5.70. The Balaban J connectivity index is 0.00000450. The molecule has 6 atom stereocenters. The van der Waals surface area contributed by atoms with Gasteiger partial charge in [-0.1, -0.05) is 0 Å². The summed E-state index contributed by atoms with van der Waals surface area (Å²) in [7, 11) is -16.8. The monoisotopic (exact) mass is 508 g/mol. The second-order valence-corrected chi connectivity index (χ2v) is 9.87. The van der Waals surface area contributed by atoms with Crippen molar-refractivity contribution in [1.29, 1.82) is 0 Å². The average molecular weight is 508 g/mol. The van der Waals surface area contributed by atoms with Gasteiger partial charge in [-0.25, -0.2) is 18.5 Å². The van der Waals surface area contributed by atoms with Gasteiger partial charge in [-0.15, -0.1) is 0 Å². The fourth-order valence-corrected chi connectivity index (χ4v) is 5.23. The number of phosphoric ester groups is 1. The van der Waals surface area contributed by atoms with Gasteiger partial charge >= 0.3 is 58.7 Å². The summed E-state index contributed by atoms with van der Waals surface area (Å²) in [6, 6.07) is 0.920. The zero-order chi connectivity index (χ0) is 22.2. The van der Waals surface area contributed by atoms with Crippen molar-refractivity contribution in [2.75, 3.05) is 6.61 Å². The van der Waals surface area contributed by atoms with Gasteiger partial charge in [-0.3, -0.25) is 18.9 Å². The zero-order valence-corrected chi connectivity index (χ0v) is 16.5. The van der Waals surface area contributed by atoms with E-state index in [2.05, 4.69) is 13.1 Å². The van der Waals surface area contributed by atoms with Crippen LogP contribution in [0.2, 0.25) is 0 Å². The topological polar surface area (TPSA) is 264 Å². The zero-order valence-electron chi connectivity index (χ0n) is 13.8. The number of rotatable bonds is 8. The Morgan fingerprint density at radius 3 is 2.17 bits per heavy atom. The molecule has 0 aliphatic carbocycles. The van der Waals surface area contributed by atoms with E-state index in [1.807, 2.05) is 4.98 Å². The van der Waals surface area contributed by atoms with Gasteiger partial charge in [0.2, 0.25) is 0 Å². The molecule has 1 aliphatic rings. The van der Waals surface area contributed by atoms with Crippen molar-refractivity contribution in [3.63, 3.8) is 0 Å². The van der Waals surface area contributed by atoms with Gasteiger partial charge in [-0.2, -0.15) is 8.62 Å². The van der Waals surface area contributed by atoms with Gasteiger partial charge in [0.25, 0.3) is 5.56 Å². The predicted molar refractivity (Wildman–Crippen MR) is 94.2 cm³/mol. The van der Waals surface area contributed by atoms with Gasteiger partial charge < -0.3 is 34.5 Å². The maximum absolute atomic E-state index is 11.7. The Bertz CT molecular complexity index is 1000. The van der Waals surface area contributed by atoms with Crippen molar-refractivity contribution >= 4 is 53.0 Å². The second-order valence-electron chi connectivity index (χ2n) is 5.45. The third kappa shape index (κ3) is 7.83. The Labute approximate surface area is 188 Å². The third-order valence-electron chi connectivity index (χ3n) is 3.28. The number of phosphoric acid groups is 3. The summed E-state index contributed by atoms with van der Waals surface area (Å²) in [5, 5.41) is 19.9. The van der Waals surface area contributed by atoms with Crippen LogP contribution in [0.4, 0.5) is 0 Å². The fourth-order valence-electron chi connectivity index (χ4n) is 2.20. The molecule has 1 saturated heterocycles. The number of aromatic nitrogens is 2. The van der Waals surface area contributed by atoms with Crippen molar-refractivity contribution < 1.29 is 61.4 Å². The number of hydrogen-bond acceptors (Lipinski definition) is 11. The first kappa shape index (κ1) is 28.0. The minimum absolute atomic E-state index is 0. The van der Waals surface area contributed by atoms with Crippen LogP contribution in [0.25, 0.3) is 0 Å². The van der Waals surface area contributed by atoms with Crippen molar-refractivity contribution in [2.24, 2.45) is 0 Å². The molecule has 1 aromatic rings. The standard InChI is InChI=1S/C9H15N2O15P3.Na.H/c12-5-1-2-11(9(15)10-5)8-7(14)6(13)4(24-8)3-23-28(19,20)26-29(21,22)25-27(16,17)18;;/h1-2,4,6-8,13-14H,3H2,(H,19,20)(H,21,22)(H,10,12,15)(H2,16,17,18);;/t4-,6?,7?,8-;;/m0../s1. The molecule has 30 heavy (non-hydrogen) atoms. The van der Waals surface area contributed by atoms with Crippen LogP contribution in [0.15, 0.2) is 21.9 Å². The molecule has 168 valence electrons. The molecule has 1 fully saturated rings. The third-order valence-corrected chi connectivity index (χ3v) is 7.08. The number of aliphatic hydroxyl groups excluding tert-OH is 2. The molecule has 2 rings (SSSR count). The first-order valence-electron chi connectivity index (χ1n) is 7.22. The van der Waals surface area contributed by atoms with Gasteiger partial charge in [0, 0.05) is 12.3 Å². The Morgan fingerprint density at radius 2 is 1.63 bits per heavy atom. The van der Waals surface area contributed by atoms with Crippen molar-refractivity contribution in [3.05, 3.63) is 33.1 Å². The van der Waals surface area contributed by atoms with Crippen LogP contribution in [0.5, 0.6) is 0 Å². The molecule has 2 heterocycles. The molecule has 0 saturated carbocycles. The van der Waals surface area contributed by atoms with Crippen LogP contribution in [-0.2, 0) is 31.6 Å². The number of nitrogens with one attached hydrogen (secondary N) is 1. The molecule has 21 heteroatoms. The van der Waals surface area contributed by atoms with Gasteiger partial charge in [0.05, 0.1) is 6.61 Å². The summed E-state index contributed by atoms with van der Waals surface area (Å²) in [4.78, 5) is 59.9. The van der Waals surface area contributed by atoms with Crippen LogP contribution >= 0.6 is 23.5 Å². The summed E-state index contributed by atoms with van der Waals surface area (Å²) >= 11 is 0. The number of aliphatic hydroxyl groups is 2. The summed E-state index contributed by atoms with van der Waals surface area (Å²) in [5.74, 6) is 0. The Hall–Kier alpha value is -0.0300. The van der Waals surface area contributed by atoms with E-state index in [1.54, 1.807) is 0 Å². The minimum atomic E-state index is -5.73. The molecule has 1 aromatic heterocycles. The van der Waals surface area contributed by atoms with Gasteiger partial charge in [0.15, 0.2) is 6.23 Å². The predicted octanol–water partition coefficient (Wildman–Crippen LogP) is -3.15. The number of aromatic amines is 1. The average Bonchev–Trinajstić information content (AvgIpc) is 2.78. The van der Waals surface area contributed by atoms with Gasteiger partial charge in [-0.05, 0) is 0 Å². The van der Waals surface area contributed by atoms with E-state index in [4.69, 9.17) is 19.4 Å². The molecule has 1 aliphatic heterocycles. The Morgan fingerprint density at radius 1 is 1.03 bits per heavy atom. The van der Waals surface area contributed by atoms with Crippen LogP contribution < -0.4 is 11.2 Å². The number of nitrogens with zero attached hydrogens (tertiary/aromatic N) is 1. The molecule has 0 aromatic carbocycles. The molecule has 17 nitrogen and oxygen atoms in total. The first-order chi connectivity index (χ1) is 13.1. The van der Waals surface area contributed by atoms with Crippen LogP contribution in [0.3, 0.4) is 0 Å². The normalized spacial score (nSPS) is 28.3. The molecular formula is C9H16N2NaO15P3. The fraction of sp³-hybridized carbons (Fsp3) is 0.556. The number of H-pyrrole nitrogens is 1. The van der Waals surface area contributed by atoms with Crippen LogP contribution in [-0.4, -0.2) is 93.8 Å². The van der Waals surface area contributed by atoms with E-state index in [9.17, 15) is 38.4 Å². The van der Waals surface area contributed by atoms with Crippen LogP contribution in [0.1, 0.15) is 6.23 Å².